The number of nitrogens with one attached hydrogen (secondary N) is 1. The minimum atomic E-state index is -3.89. The molecule has 2 atom stereocenters. The Bertz CT molecular complexity index is 569. The van der Waals surface area contributed by atoms with Crippen LogP contribution in [0.3, 0.4) is 0 Å². The SMILES string of the molecule is CC1CCCC(CCNS(=O)(=O)c2c(N)cccc2F)C1. The van der Waals surface area contributed by atoms with Gasteiger partial charge < -0.3 is 5.73 Å². The van der Waals surface area contributed by atoms with Crippen molar-refractivity contribution in [3.8, 4) is 0 Å². The van der Waals surface area contributed by atoms with Crippen LogP contribution >= 0.6 is 0 Å². The summed E-state index contributed by atoms with van der Waals surface area (Å²) in [4.78, 5) is -0.443. The second-order valence-electron chi connectivity index (χ2n) is 5.98. The predicted octanol–water partition coefficient (Wildman–Crippen LogP) is 2.90. The van der Waals surface area contributed by atoms with Gasteiger partial charge in [-0.3, -0.25) is 0 Å². The van der Waals surface area contributed by atoms with E-state index in [0.29, 0.717) is 18.4 Å². The highest BCUT2D eigenvalue weighted by molar-refractivity contribution is 7.89. The number of hydrogen-bond acceptors (Lipinski definition) is 3. The molecule has 4 nitrogen and oxygen atoms in total. The molecular formula is C15H23FN2O2S. The molecule has 1 aliphatic carbocycles. The molecule has 0 aliphatic heterocycles. The molecule has 3 N–H and O–H groups in total. The summed E-state index contributed by atoms with van der Waals surface area (Å²) in [6.45, 7) is 2.56. The van der Waals surface area contributed by atoms with Crippen LogP contribution in [0.15, 0.2) is 23.1 Å². The lowest BCUT2D eigenvalue weighted by molar-refractivity contribution is 0.271. The second kappa shape index (κ2) is 6.75. The Morgan fingerprint density at radius 1 is 1.38 bits per heavy atom. The van der Waals surface area contributed by atoms with Gasteiger partial charge in [0.2, 0.25) is 10.0 Å². The Morgan fingerprint density at radius 2 is 2.14 bits per heavy atom. The Labute approximate surface area is 126 Å². The smallest absolute Gasteiger partial charge is 0.245 e. The number of sulfonamides is 1. The van der Waals surface area contributed by atoms with Crippen LogP contribution in [0.2, 0.25) is 0 Å². The van der Waals surface area contributed by atoms with Gasteiger partial charge in [-0.25, -0.2) is 17.5 Å². The molecule has 2 unspecified atom stereocenters. The van der Waals surface area contributed by atoms with E-state index in [1.54, 1.807) is 0 Å². The van der Waals surface area contributed by atoms with Crippen LogP contribution in [0.25, 0.3) is 0 Å². The first-order valence-electron chi connectivity index (χ1n) is 7.44. The molecular weight excluding hydrogens is 291 g/mol. The standard InChI is InChI=1S/C15H23FN2O2S/c1-11-4-2-5-12(10-11)8-9-18-21(19,20)15-13(16)6-3-7-14(15)17/h3,6-7,11-12,18H,2,4-5,8-10,17H2,1H3. The van der Waals surface area contributed by atoms with E-state index in [4.69, 9.17) is 5.73 Å². The molecule has 0 bridgehead atoms. The summed E-state index contributed by atoms with van der Waals surface area (Å²) in [6, 6.07) is 3.89. The fraction of sp³-hybridized carbons (Fsp3) is 0.600. The van der Waals surface area contributed by atoms with Crippen molar-refractivity contribution in [3.63, 3.8) is 0 Å². The van der Waals surface area contributed by atoms with E-state index >= 15 is 0 Å². The largest absolute Gasteiger partial charge is 0.398 e. The lowest BCUT2D eigenvalue weighted by Crippen LogP contribution is -2.28. The summed E-state index contributed by atoms with van der Waals surface area (Å²) >= 11 is 0. The summed E-state index contributed by atoms with van der Waals surface area (Å²) in [5, 5.41) is 0. The normalized spacial score (nSPS) is 23.1. The first-order valence-corrected chi connectivity index (χ1v) is 8.92. The van der Waals surface area contributed by atoms with Crippen LogP contribution in [0.1, 0.15) is 39.0 Å². The monoisotopic (exact) mass is 314 g/mol. The third-order valence-electron chi connectivity index (χ3n) is 4.16. The Balaban J connectivity index is 1.96. The highest BCUT2D eigenvalue weighted by Crippen LogP contribution is 2.30. The Kier molecular flexibility index (Phi) is 5.22. The predicted molar refractivity (Wildman–Crippen MR) is 81.7 cm³/mol. The minimum Gasteiger partial charge on any atom is -0.398 e. The third-order valence-corrected chi connectivity index (χ3v) is 5.71. The highest BCUT2D eigenvalue weighted by Gasteiger charge is 2.23. The van der Waals surface area contributed by atoms with Gasteiger partial charge in [0.15, 0.2) is 0 Å². The topological polar surface area (TPSA) is 72.2 Å². The summed E-state index contributed by atoms with van der Waals surface area (Å²) < 4.78 is 40.4. The average molecular weight is 314 g/mol. The van der Waals surface area contributed by atoms with Crippen LogP contribution in [0.5, 0.6) is 0 Å². The molecule has 118 valence electrons. The number of halogens is 1. The van der Waals surface area contributed by atoms with E-state index in [0.717, 1.165) is 25.3 Å². The van der Waals surface area contributed by atoms with Crippen molar-refractivity contribution in [1.29, 1.82) is 0 Å². The van der Waals surface area contributed by atoms with Crippen LogP contribution in [0.4, 0.5) is 10.1 Å². The van der Waals surface area contributed by atoms with Gasteiger partial charge in [-0.1, -0.05) is 32.3 Å². The highest BCUT2D eigenvalue weighted by atomic mass is 32.2. The molecule has 1 aromatic rings. The maximum atomic E-state index is 13.7. The van der Waals surface area contributed by atoms with E-state index < -0.39 is 20.7 Å². The molecule has 0 spiro atoms. The van der Waals surface area contributed by atoms with Crippen molar-refractivity contribution in [1.82, 2.24) is 4.72 Å². The van der Waals surface area contributed by atoms with Crippen molar-refractivity contribution >= 4 is 15.7 Å². The van der Waals surface area contributed by atoms with Gasteiger partial charge in [0, 0.05) is 6.54 Å². The number of nitrogen functional groups attached to an aromatic ring is 1. The van der Waals surface area contributed by atoms with Gasteiger partial charge in [0.05, 0.1) is 5.69 Å². The molecule has 0 amide bonds. The number of benzene rings is 1. The average Bonchev–Trinajstić information content (AvgIpc) is 2.38. The first-order chi connectivity index (χ1) is 9.90. The van der Waals surface area contributed by atoms with Crippen LogP contribution in [0, 0.1) is 17.7 Å². The molecule has 1 fully saturated rings. The minimum absolute atomic E-state index is 0.0613. The maximum absolute atomic E-state index is 13.7. The molecule has 21 heavy (non-hydrogen) atoms. The van der Waals surface area contributed by atoms with E-state index in [2.05, 4.69) is 11.6 Å². The first kappa shape index (κ1) is 16.2. The van der Waals surface area contributed by atoms with Gasteiger partial charge in [0.1, 0.15) is 10.7 Å². The van der Waals surface area contributed by atoms with Crippen LogP contribution in [-0.4, -0.2) is 15.0 Å². The number of rotatable bonds is 5. The lowest BCUT2D eigenvalue weighted by atomic mass is 9.81. The van der Waals surface area contributed by atoms with E-state index in [1.807, 2.05) is 0 Å². The van der Waals surface area contributed by atoms with E-state index in [9.17, 15) is 12.8 Å². The second-order valence-corrected chi connectivity index (χ2v) is 7.69. The zero-order valence-corrected chi connectivity index (χ0v) is 13.1. The number of hydrogen-bond donors (Lipinski definition) is 2. The van der Waals surface area contributed by atoms with E-state index in [-0.39, 0.29) is 5.69 Å². The lowest BCUT2D eigenvalue weighted by Gasteiger charge is -2.26. The molecule has 0 heterocycles. The third kappa shape index (κ3) is 4.17. The molecule has 0 radical (unpaired) electrons. The fourth-order valence-corrected chi connectivity index (χ4v) is 4.33. The van der Waals surface area contributed by atoms with Crippen molar-refractivity contribution in [2.75, 3.05) is 12.3 Å². The summed E-state index contributed by atoms with van der Waals surface area (Å²) in [7, 11) is -3.89. The van der Waals surface area contributed by atoms with Crippen molar-refractivity contribution in [2.24, 2.45) is 11.8 Å². The van der Waals surface area contributed by atoms with Gasteiger partial charge in [-0.05, 0) is 36.8 Å². The van der Waals surface area contributed by atoms with Gasteiger partial charge in [-0.15, -0.1) is 0 Å². The molecule has 2 rings (SSSR count). The molecule has 6 heteroatoms. The summed E-state index contributed by atoms with van der Waals surface area (Å²) in [5.74, 6) is 0.450. The van der Waals surface area contributed by atoms with Crippen LogP contribution < -0.4 is 10.5 Å². The van der Waals surface area contributed by atoms with Gasteiger partial charge in [-0.2, -0.15) is 0 Å². The van der Waals surface area contributed by atoms with Crippen LogP contribution in [-0.2, 0) is 10.0 Å². The number of nitrogens with two attached hydrogens (primary N) is 1. The van der Waals surface area contributed by atoms with E-state index in [1.165, 1.54) is 25.0 Å². The quantitative estimate of drug-likeness (QED) is 0.821. The van der Waals surface area contributed by atoms with Crippen molar-refractivity contribution in [2.45, 2.75) is 43.9 Å². The Hall–Kier alpha value is -1.14. The molecule has 0 saturated heterocycles. The fourth-order valence-electron chi connectivity index (χ4n) is 3.10. The zero-order valence-electron chi connectivity index (χ0n) is 12.3. The molecule has 1 aromatic carbocycles. The molecule has 1 saturated carbocycles. The van der Waals surface area contributed by atoms with Gasteiger partial charge >= 0.3 is 0 Å². The number of anilines is 1. The molecule has 1 aliphatic rings. The zero-order chi connectivity index (χ0) is 15.5. The Morgan fingerprint density at radius 3 is 2.81 bits per heavy atom. The summed E-state index contributed by atoms with van der Waals surface area (Å²) in [6.07, 6.45) is 5.54. The van der Waals surface area contributed by atoms with Crippen molar-refractivity contribution < 1.29 is 12.8 Å². The maximum Gasteiger partial charge on any atom is 0.245 e. The van der Waals surface area contributed by atoms with Gasteiger partial charge in [0.25, 0.3) is 0 Å². The summed E-state index contributed by atoms with van der Waals surface area (Å²) in [5.41, 5.74) is 5.52. The van der Waals surface area contributed by atoms with Crippen molar-refractivity contribution in [3.05, 3.63) is 24.0 Å². The molecule has 0 aromatic heterocycles.